The van der Waals surface area contributed by atoms with Crippen LogP contribution in [0.2, 0.25) is 0 Å². The minimum atomic E-state index is -0.271. The number of ketones is 1. The largest absolute Gasteiger partial charge is 0.497 e. The number of hydrogen-bond donors (Lipinski definition) is 1. The van der Waals surface area contributed by atoms with E-state index in [1.807, 2.05) is 62.4 Å². The Balaban J connectivity index is 1.65. The number of nitrogens with zero attached hydrogens (tertiary/aromatic N) is 2. The van der Waals surface area contributed by atoms with Crippen LogP contribution in [0.3, 0.4) is 0 Å². The zero-order valence-electron chi connectivity index (χ0n) is 19.4. The number of rotatable bonds is 7. The van der Waals surface area contributed by atoms with Gasteiger partial charge in [-0.25, -0.2) is 4.99 Å². The van der Waals surface area contributed by atoms with Crippen molar-refractivity contribution in [2.45, 2.75) is 13.8 Å². The van der Waals surface area contributed by atoms with Crippen LogP contribution in [0.1, 0.15) is 27.3 Å². The van der Waals surface area contributed by atoms with Crippen LogP contribution in [0, 0.1) is 13.8 Å². The van der Waals surface area contributed by atoms with Crippen molar-refractivity contribution in [2.24, 2.45) is 4.99 Å². The van der Waals surface area contributed by atoms with Crippen LogP contribution in [0.5, 0.6) is 11.5 Å². The SMILES string of the molecule is COc1ccc(/C=C2\N=C(SCC(=O)c3cc(C)[nH]c3C)N(c3cccc(OC)c3)C2=O)cc1. The number of aryl methyl sites for hydroxylation is 2. The quantitative estimate of drug-likeness (QED) is 0.384. The van der Waals surface area contributed by atoms with E-state index in [4.69, 9.17) is 9.47 Å². The van der Waals surface area contributed by atoms with Crippen molar-refractivity contribution < 1.29 is 19.1 Å². The highest BCUT2D eigenvalue weighted by Gasteiger charge is 2.32. The first-order valence-corrected chi connectivity index (χ1v) is 11.6. The van der Waals surface area contributed by atoms with Gasteiger partial charge >= 0.3 is 0 Å². The van der Waals surface area contributed by atoms with Gasteiger partial charge < -0.3 is 14.5 Å². The van der Waals surface area contributed by atoms with Gasteiger partial charge in [-0.15, -0.1) is 0 Å². The smallest absolute Gasteiger partial charge is 0.283 e. The second kappa shape index (κ2) is 10.0. The van der Waals surface area contributed by atoms with Crippen molar-refractivity contribution in [1.29, 1.82) is 0 Å². The first-order valence-electron chi connectivity index (χ1n) is 10.6. The second-order valence-corrected chi connectivity index (χ2v) is 8.68. The molecule has 8 heteroatoms. The third-order valence-corrected chi connectivity index (χ3v) is 6.28. The highest BCUT2D eigenvalue weighted by molar-refractivity contribution is 8.14. The number of anilines is 1. The number of nitrogens with one attached hydrogen (secondary N) is 1. The number of aromatic amines is 1. The van der Waals surface area contributed by atoms with Crippen molar-refractivity contribution in [1.82, 2.24) is 4.98 Å². The van der Waals surface area contributed by atoms with Gasteiger partial charge in [-0.05, 0) is 55.8 Å². The van der Waals surface area contributed by atoms with Crippen LogP contribution in [-0.4, -0.2) is 41.8 Å². The summed E-state index contributed by atoms with van der Waals surface area (Å²) in [5, 5.41) is 0.441. The second-order valence-electron chi connectivity index (χ2n) is 7.74. The number of amidine groups is 1. The highest BCUT2D eigenvalue weighted by atomic mass is 32.2. The number of H-pyrrole nitrogens is 1. The monoisotopic (exact) mass is 475 g/mol. The molecule has 2 aromatic carbocycles. The summed E-state index contributed by atoms with van der Waals surface area (Å²) in [6, 6.07) is 16.4. The topological polar surface area (TPSA) is 84.0 Å². The molecule has 7 nitrogen and oxygen atoms in total. The molecule has 1 aliphatic heterocycles. The van der Waals surface area contributed by atoms with E-state index in [0.717, 1.165) is 22.7 Å². The van der Waals surface area contributed by atoms with E-state index >= 15 is 0 Å². The maximum absolute atomic E-state index is 13.4. The van der Waals surface area contributed by atoms with Gasteiger partial charge in [0.25, 0.3) is 5.91 Å². The first kappa shape index (κ1) is 23.4. The van der Waals surface area contributed by atoms with Crippen molar-refractivity contribution in [3.05, 3.63) is 82.8 Å². The number of hydrogen-bond acceptors (Lipinski definition) is 6. The van der Waals surface area contributed by atoms with Gasteiger partial charge in [0.2, 0.25) is 0 Å². The van der Waals surface area contributed by atoms with Gasteiger partial charge in [0.15, 0.2) is 11.0 Å². The maximum atomic E-state index is 13.4. The van der Waals surface area contributed by atoms with E-state index in [-0.39, 0.29) is 23.1 Å². The summed E-state index contributed by atoms with van der Waals surface area (Å²) in [4.78, 5) is 35.5. The van der Waals surface area contributed by atoms with Crippen molar-refractivity contribution >= 4 is 40.4 Å². The molecule has 0 atom stereocenters. The van der Waals surface area contributed by atoms with E-state index in [9.17, 15) is 9.59 Å². The van der Waals surface area contributed by atoms with Gasteiger partial charge in [-0.3, -0.25) is 14.5 Å². The average molecular weight is 476 g/mol. The lowest BCUT2D eigenvalue weighted by Gasteiger charge is -2.18. The number of ether oxygens (including phenoxy) is 2. The lowest BCUT2D eigenvalue weighted by Crippen LogP contribution is -2.30. The summed E-state index contributed by atoms with van der Waals surface area (Å²) in [6.07, 6.45) is 1.73. The number of thioether (sulfide) groups is 1. The van der Waals surface area contributed by atoms with Gasteiger partial charge in [0.1, 0.15) is 17.2 Å². The van der Waals surface area contributed by atoms with Crippen LogP contribution in [-0.2, 0) is 4.79 Å². The molecule has 0 radical (unpaired) electrons. The molecule has 174 valence electrons. The van der Waals surface area contributed by atoms with Gasteiger partial charge in [0.05, 0.1) is 25.7 Å². The molecular formula is C26H25N3O4S. The summed E-state index contributed by atoms with van der Waals surface area (Å²) < 4.78 is 10.5. The molecule has 1 aliphatic rings. The first-order chi connectivity index (χ1) is 16.4. The van der Waals surface area contributed by atoms with Crippen LogP contribution in [0.25, 0.3) is 6.08 Å². The number of carbonyl (C=O) groups excluding carboxylic acids is 2. The fraction of sp³-hybridized carbons (Fsp3) is 0.192. The third-order valence-electron chi connectivity index (χ3n) is 5.34. The summed E-state index contributed by atoms with van der Waals surface area (Å²) in [5.74, 6) is 1.21. The Bertz CT molecular complexity index is 1290. The number of aliphatic imine (C=N–C) groups is 1. The molecule has 0 aliphatic carbocycles. The zero-order valence-corrected chi connectivity index (χ0v) is 20.2. The molecule has 1 amide bonds. The Kier molecular flexibility index (Phi) is 6.88. The predicted octanol–water partition coefficient (Wildman–Crippen LogP) is 5.01. The van der Waals surface area contributed by atoms with Gasteiger partial charge in [-0.2, -0.15) is 0 Å². The average Bonchev–Trinajstić information content (AvgIpc) is 3.35. The van der Waals surface area contributed by atoms with E-state index in [1.165, 1.54) is 16.7 Å². The molecule has 3 aromatic rings. The Hall–Kier alpha value is -3.78. The van der Waals surface area contributed by atoms with Crippen LogP contribution < -0.4 is 14.4 Å². The zero-order chi connectivity index (χ0) is 24.2. The highest BCUT2D eigenvalue weighted by Crippen LogP contribution is 2.32. The molecular weight excluding hydrogens is 450 g/mol. The molecule has 0 bridgehead atoms. The molecule has 0 fully saturated rings. The fourth-order valence-corrected chi connectivity index (χ4v) is 4.55. The Labute approximate surface area is 202 Å². The summed E-state index contributed by atoms with van der Waals surface area (Å²) in [5.41, 5.74) is 4.14. The van der Waals surface area contributed by atoms with E-state index in [0.29, 0.717) is 22.2 Å². The van der Waals surface area contributed by atoms with Crippen molar-refractivity contribution in [3.63, 3.8) is 0 Å². The van der Waals surface area contributed by atoms with E-state index in [2.05, 4.69) is 9.98 Å². The van der Waals surface area contributed by atoms with E-state index < -0.39 is 0 Å². The number of carbonyl (C=O) groups is 2. The number of aromatic nitrogens is 1. The molecule has 4 rings (SSSR count). The summed E-state index contributed by atoms with van der Waals surface area (Å²) in [6.45, 7) is 3.79. The number of Topliss-reactive ketones (excluding diaryl/α,β-unsaturated/α-hetero) is 1. The van der Waals surface area contributed by atoms with E-state index in [1.54, 1.807) is 26.4 Å². The molecule has 1 aromatic heterocycles. The Morgan fingerprint density at radius 1 is 1.06 bits per heavy atom. The Morgan fingerprint density at radius 3 is 2.44 bits per heavy atom. The fourth-order valence-electron chi connectivity index (χ4n) is 3.65. The standard InChI is InChI=1S/C26H25N3O4S/c1-16-12-22(17(2)27-16)24(30)15-34-26-28-23(13-18-8-10-20(32-3)11-9-18)25(31)29(26)19-6-5-7-21(14-19)33-4/h5-14,27H,15H2,1-4H3/b23-13-. The third kappa shape index (κ3) is 4.92. The normalized spacial score (nSPS) is 14.5. The number of methoxy groups -OCH3 is 2. The molecule has 0 saturated heterocycles. The molecule has 34 heavy (non-hydrogen) atoms. The lowest BCUT2D eigenvalue weighted by molar-refractivity contribution is -0.113. The Morgan fingerprint density at radius 2 is 1.79 bits per heavy atom. The summed E-state index contributed by atoms with van der Waals surface area (Å²) >= 11 is 1.24. The minimum absolute atomic E-state index is 0.0276. The summed E-state index contributed by atoms with van der Waals surface area (Å²) in [7, 11) is 3.18. The van der Waals surface area contributed by atoms with Crippen molar-refractivity contribution in [2.75, 3.05) is 24.9 Å². The van der Waals surface area contributed by atoms with Gasteiger partial charge in [-0.1, -0.05) is 30.0 Å². The maximum Gasteiger partial charge on any atom is 0.283 e. The molecule has 0 spiro atoms. The predicted molar refractivity (Wildman–Crippen MR) is 136 cm³/mol. The molecule has 0 saturated carbocycles. The number of benzene rings is 2. The number of amides is 1. The molecule has 2 heterocycles. The lowest BCUT2D eigenvalue weighted by atomic mass is 10.2. The van der Waals surface area contributed by atoms with Gasteiger partial charge in [0, 0.05) is 23.0 Å². The van der Waals surface area contributed by atoms with Crippen LogP contribution >= 0.6 is 11.8 Å². The molecule has 0 unspecified atom stereocenters. The van der Waals surface area contributed by atoms with Crippen molar-refractivity contribution in [3.8, 4) is 11.5 Å². The minimum Gasteiger partial charge on any atom is -0.497 e. The van der Waals surface area contributed by atoms with Crippen LogP contribution in [0.15, 0.2) is 65.3 Å². The van der Waals surface area contributed by atoms with Crippen LogP contribution in [0.4, 0.5) is 5.69 Å². The molecule has 1 N–H and O–H groups in total.